The molecule has 0 saturated carbocycles. The zero-order chi connectivity index (χ0) is 24.8. The molecule has 0 radical (unpaired) electrons. The summed E-state index contributed by atoms with van der Waals surface area (Å²) in [5, 5.41) is 6.83. The average Bonchev–Trinajstić information content (AvgIpc) is 3.23. The first-order valence-electron chi connectivity index (χ1n) is 11.4. The summed E-state index contributed by atoms with van der Waals surface area (Å²) in [7, 11) is 0. The Kier molecular flexibility index (Phi) is 7.77. The van der Waals surface area contributed by atoms with Crippen molar-refractivity contribution < 1.29 is 0 Å². The lowest BCUT2D eigenvalue weighted by Gasteiger charge is -2.15. The number of imidazole rings is 1. The topological polar surface area (TPSA) is 80.3 Å². The van der Waals surface area contributed by atoms with Gasteiger partial charge in [0.05, 0.1) is 22.8 Å². The molecule has 4 N–H and O–H groups in total. The molecule has 1 aliphatic carbocycles. The highest BCUT2D eigenvalue weighted by molar-refractivity contribution is 5.67. The van der Waals surface area contributed by atoms with Gasteiger partial charge in [0.15, 0.2) is 0 Å². The van der Waals surface area contributed by atoms with Crippen molar-refractivity contribution in [2.75, 3.05) is 13.1 Å². The predicted molar refractivity (Wildman–Crippen MR) is 142 cm³/mol. The number of allylic oxidation sites excluding steroid dienone is 4. The molecule has 0 aliphatic heterocycles. The average molecular weight is 455 g/mol. The van der Waals surface area contributed by atoms with Gasteiger partial charge >= 0.3 is 0 Å². The first-order valence-corrected chi connectivity index (χ1v) is 11.4. The molecule has 6 nitrogen and oxygen atoms in total. The van der Waals surface area contributed by atoms with Crippen LogP contribution < -0.4 is 16.4 Å². The molecule has 2 heterocycles. The Hall–Kier alpha value is -4.02. The zero-order valence-corrected chi connectivity index (χ0v) is 20.6. The first kappa shape index (κ1) is 24.6. The van der Waals surface area contributed by atoms with Crippen molar-refractivity contribution in [2.45, 2.75) is 34.1 Å². The molecule has 6 heteroatoms. The van der Waals surface area contributed by atoms with Gasteiger partial charge in [0, 0.05) is 31.2 Å². The summed E-state index contributed by atoms with van der Waals surface area (Å²) in [5.74, 6) is 0.621. The number of fused-ring (bicyclic) bond motifs is 1. The Morgan fingerprint density at radius 1 is 1.15 bits per heavy atom. The van der Waals surface area contributed by atoms with E-state index in [-0.39, 0.29) is 0 Å². The molecule has 0 spiro atoms. The molecular formula is C28H34N6. The van der Waals surface area contributed by atoms with Gasteiger partial charge in [-0.05, 0) is 73.3 Å². The molecule has 0 fully saturated rings. The highest BCUT2D eigenvalue weighted by Crippen LogP contribution is 2.19. The molecule has 1 aliphatic rings. The molecule has 0 unspecified atom stereocenters. The van der Waals surface area contributed by atoms with Gasteiger partial charge in [0.25, 0.3) is 0 Å². The molecule has 3 rings (SSSR count). The summed E-state index contributed by atoms with van der Waals surface area (Å²) in [4.78, 5) is 8.96. The van der Waals surface area contributed by atoms with Gasteiger partial charge in [0.2, 0.25) is 5.78 Å². The van der Waals surface area contributed by atoms with Crippen LogP contribution in [0.15, 0.2) is 95.8 Å². The SMILES string of the molecule is C=C(CC)/C(N)=C(\C)NCC1=C(C)C=C=CC(CNC(=C)c2cc(C(=C)C)n3ccnc3n2)=C1. The van der Waals surface area contributed by atoms with E-state index < -0.39 is 0 Å². The minimum Gasteiger partial charge on any atom is -0.397 e. The van der Waals surface area contributed by atoms with Crippen LogP contribution in [0.25, 0.3) is 17.0 Å². The summed E-state index contributed by atoms with van der Waals surface area (Å²) in [6, 6.07) is 1.98. The fraction of sp³-hybridized carbons (Fsp3) is 0.250. The minimum atomic E-state index is 0.587. The largest absolute Gasteiger partial charge is 0.397 e. The highest BCUT2D eigenvalue weighted by atomic mass is 15.1. The highest BCUT2D eigenvalue weighted by Gasteiger charge is 2.11. The number of nitrogens with two attached hydrogens (primary N) is 1. The van der Waals surface area contributed by atoms with E-state index in [1.54, 1.807) is 6.20 Å². The van der Waals surface area contributed by atoms with E-state index in [0.29, 0.717) is 18.9 Å². The van der Waals surface area contributed by atoms with Gasteiger partial charge in [0.1, 0.15) is 0 Å². The van der Waals surface area contributed by atoms with E-state index in [1.165, 1.54) is 5.57 Å². The second kappa shape index (κ2) is 10.7. The number of aromatic nitrogens is 3. The molecule has 2 aromatic rings. The van der Waals surface area contributed by atoms with Crippen molar-refractivity contribution >= 4 is 17.0 Å². The van der Waals surface area contributed by atoms with Gasteiger partial charge in [-0.15, -0.1) is 5.73 Å². The lowest BCUT2D eigenvalue weighted by Crippen LogP contribution is -2.20. The lowest BCUT2D eigenvalue weighted by atomic mass is 10.1. The van der Waals surface area contributed by atoms with E-state index in [2.05, 4.69) is 66.0 Å². The maximum absolute atomic E-state index is 6.20. The van der Waals surface area contributed by atoms with E-state index in [4.69, 9.17) is 5.73 Å². The minimum absolute atomic E-state index is 0.587. The number of hydrogen-bond donors (Lipinski definition) is 3. The van der Waals surface area contributed by atoms with Gasteiger partial charge < -0.3 is 16.4 Å². The Bertz CT molecular complexity index is 1310. The molecule has 2 aromatic heterocycles. The van der Waals surface area contributed by atoms with Crippen molar-refractivity contribution in [3.05, 3.63) is 107 Å². The molecule has 176 valence electrons. The lowest BCUT2D eigenvalue weighted by molar-refractivity contribution is 0.851. The molecular weight excluding hydrogens is 420 g/mol. The first-order chi connectivity index (χ1) is 16.2. The third kappa shape index (κ3) is 5.66. The van der Waals surface area contributed by atoms with Crippen molar-refractivity contribution in [1.29, 1.82) is 0 Å². The van der Waals surface area contributed by atoms with Crippen LogP contribution in [-0.4, -0.2) is 27.5 Å². The molecule has 34 heavy (non-hydrogen) atoms. The van der Waals surface area contributed by atoms with E-state index in [0.717, 1.165) is 57.2 Å². The normalized spacial score (nSPS) is 13.9. The quantitative estimate of drug-likeness (QED) is 0.346. The second-order valence-electron chi connectivity index (χ2n) is 8.47. The van der Waals surface area contributed by atoms with Crippen LogP contribution in [-0.2, 0) is 0 Å². The summed E-state index contributed by atoms with van der Waals surface area (Å²) >= 11 is 0. The Morgan fingerprint density at radius 2 is 1.91 bits per heavy atom. The standard InChI is InChI=1S/C28H34N6/c1-8-19(4)27(29)22(7)32-17-24-14-23(11-9-10-20(24)5)16-31-21(6)25-15-26(18(2)3)34-13-12-30-28(34)33-25/h10-15,31-32H,2,4,6,8,16-17,29H2,1,3,5,7H3/b27-22-. The van der Waals surface area contributed by atoms with Crippen LogP contribution in [0.4, 0.5) is 0 Å². The smallest absolute Gasteiger partial charge is 0.234 e. The fourth-order valence-electron chi connectivity index (χ4n) is 3.50. The van der Waals surface area contributed by atoms with E-state index in [1.807, 2.05) is 42.7 Å². The van der Waals surface area contributed by atoms with Crippen LogP contribution >= 0.6 is 0 Å². The molecule has 0 bridgehead atoms. The number of nitrogens with zero attached hydrogens (tertiary/aromatic N) is 3. The summed E-state index contributed by atoms with van der Waals surface area (Å²) in [6.07, 6.45) is 10.6. The van der Waals surface area contributed by atoms with Gasteiger partial charge in [-0.1, -0.05) is 32.7 Å². The number of nitrogens with one attached hydrogen (secondary N) is 2. The Morgan fingerprint density at radius 3 is 2.62 bits per heavy atom. The second-order valence-corrected chi connectivity index (χ2v) is 8.47. The van der Waals surface area contributed by atoms with Crippen molar-refractivity contribution in [2.24, 2.45) is 5.73 Å². The van der Waals surface area contributed by atoms with Crippen LogP contribution in [0.3, 0.4) is 0 Å². The predicted octanol–water partition coefficient (Wildman–Crippen LogP) is 5.04. The van der Waals surface area contributed by atoms with Crippen LogP contribution in [0.2, 0.25) is 0 Å². The number of rotatable bonds is 10. The zero-order valence-electron chi connectivity index (χ0n) is 20.6. The van der Waals surface area contributed by atoms with E-state index >= 15 is 0 Å². The van der Waals surface area contributed by atoms with Crippen LogP contribution in [0, 0.1) is 0 Å². The van der Waals surface area contributed by atoms with E-state index in [9.17, 15) is 0 Å². The van der Waals surface area contributed by atoms with Gasteiger partial charge in [-0.3, -0.25) is 4.40 Å². The Labute approximate surface area is 202 Å². The van der Waals surface area contributed by atoms with Crippen molar-refractivity contribution in [3.8, 4) is 0 Å². The summed E-state index contributed by atoms with van der Waals surface area (Å²) in [5.41, 5.74) is 18.8. The Balaban J connectivity index is 1.73. The third-order valence-electron chi connectivity index (χ3n) is 5.82. The third-order valence-corrected chi connectivity index (χ3v) is 5.82. The molecule has 0 atom stereocenters. The molecule has 0 aromatic carbocycles. The maximum Gasteiger partial charge on any atom is 0.234 e. The molecule has 0 amide bonds. The van der Waals surface area contributed by atoms with Gasteiger partial charge in [-0.25, -0.2) is 9.97 Å². The maximum atomic E-state index is 6.20. The monoisotopic (exact) mass is 454 g/mol. The molecule has 0 saturated heterocycles. The van der Waals surface area contributed by atoms with Crippen LogP contribution in [0.1, 0.15) is 45.5 Å². The summed E-state index contributed by atoms with van der Waals surface area (Å²) < 4.78 is 1.92. The van der Waals surface area contributed by atoms with Gasteiger partial charge in [-0.2, -0.15) is 0 Å². The van der Waals surface area contributed by atoms with Crippen molar-refractivity contribution in [3.63, 3.8) is 0 Å². The fourth-order valence-corrected chi connectivity index (χ4v) is 3.50. The van der Waals surface area contributed by atoms with Crippen LogP contribution in [0.5, 0.6) is 0 Å². The van der Waals surface area contributed by atoms with Crippen molar-refractivity contribution in [1.82, 2.24) is 25.0 Å². The summed E-state index contributed by atoms with van der Waals surface area (Å²) in [6.45, 7) is 21.6. The number of hydrogen-bond acceptors (Lipinski definition) is 5.